The smallest absolute Gasteiger partial charge is 0.261 e. The van der Waals surface area contributed by atoms with Crippen LogP contribution in [0.4, 0.5) is 0 Å². The molecule has 1 aromatic carbocycles. The van der Waals surface area contributed by atoms with Gasteiger partial charge in [0.05, 0.1) is 10.0 Å². The fourth-order valence-electron chi connectivity index (χ4n) is 1.91. The molecule has 1 rings (SSSR count). The fraction of sp³-hybridized carbons (Fsp3) is 0.533. The Kier molecular flexibility index (Phi) is 6.49. The van der Waals surface area contributed by atoms with Crippen LogP contribution in [-0.2, 0) is 4.79 Å². The van der Waals surface area contributed by atoms with Crippen LogP contribution in [0.1, 0.15) is 33.6 Å². The van der Waals surface area contributed by atoms with Crippen LogP contribution in [0.15, 0.2) is 28.7 Å². The van der Waals surface area contributed by atoms with Gasteiger partial charge in [-0.1, -0.05) is 26.0 Å². The van der Waals surface area contributed by atoms with Gasteiger partial charge in [0.1, 0.15) is 5.75 Å². The van der Waals surface area contributed by atoms with Gasteiger partial charge in [-0.05, 0) is 47.8 Å². The predicted octanol–water partition coefficient (Wildman–Crippen LogP) is 2.85. The average Bonchev–Trinajstić information content (AvgIpc) is 2.47. The SMILES string of the molecule is CCC(CC)(CN)NC(=O)C(C)Oc1ccccc1Br. The van der Waals surface area contributed by atoms with Gasteiger partial charge in [-0.15, -0.1) is 0 Å². The van der Waals surface area contributed by atoms with Gasteiger partial charge in [0, 0.05) is 6.54 Å². The number of halogens is 1. The average molecular weight is 343 g/mol. The number of benzene rings is 1. The summed E-state index contributed by atoms with van der Waals surface area (Å²) in [7, 11) is 0. The number of nitrogens with two attached hydrogens (primary N) is 1. The Hall–Kier alpha value is -1.07. The summed E-state index contributed by atoms with van der Waals surface area (Å²) in [5.74, 6) is 0.511. The molecule has 0 aliphatic heterocycles. The molecule has 112 valence electrons. The van der Waals surface area contributed by atoms with E-state index in [1.54, 1.807) is 6.92 Å². The van der Waals surface area contributed by atoms with Crippen LogP contribution in [0.25, 0.3) is 0 Å². The first-order valence-electron chi connectivity index (χ1n) is 6.91. The summed E-state index contributed by atoms with van der Waals surface area (Å²) in [5, 5.41) is 3.01. The van der Waals surface area contributed by atoms with E-state index in [1.807, 2.05) is 38.1 Å². The summed E-state index contributed by atoms with van der Waals surface area (Å²) in [6.45, 7) is 6.21. The summed E-state index contributed by atoms with van der Waals surface area (Å²) in [6, 6.07) is 7.47. The zero-order valence-electron chi connectivity index (χ0n) is 12.3. The summed E-state index contributed by atoms with van der Waals surface area (Å²) >= 11 is 3.40. The van der Waals surface area contributed by atoms with Gasteiger partial charge >= 0.3 is 0 Å². The highest BCUT2D eigenvalue weighted by Crippen LogP contribution is 2.25. The summed E-state index contributed by atoms with van der Waals surface area (Å²) in [6.07, 6.45) is 1.03. The van der Waals surface area contributed by atoms with Gasteiger partial charge in [-0.3, -0.25) is 4.79 Å². The highest BCUT2D eigenvalue weighted by atomic mass is 79.9. The minimum atomic E-state index is -0.572. The lowest BCUT2D eigenvalue weighted by Gasteiger charge is -2.32. The zero-order valence-corrected chi connectivity index (χ0v) is 13.9. The van der Waals surface area contributed by atoms with Crippen LogP contribution < -0.4 is 15.8 Å². The van der Waals surface area contributed by atoms with Crippen LogP contribution in [0.3, 0.4) is 0 Å². The number of carbonyl (C=O) groups excluding carboxylic acids is 1. The van der Waals surface area contributed by atoms with Crippen molar-refractivity contribution in [3.8, 4) is 5.75 Å². The van der Waals surface area contributed by atoms with E-state index in [4.69, 9.17) is 10.5 Å². The topological polar surface area (TPSA) is 64.3 Å². The second-order valence-corrected chi connectivity index (χ2v) is 5.73. The van der Waals surface area contributed by atoms with E-state index in [-0.39, 0.29) is 11.4 Å². The third kappa shape index (κ3) is 4.21. The zero-order chi connectivity index (χ0) is 15.2. The Bertz CT molecular complexity index is 439. The molecule has 3 N–H and O–H groups in total. The van der Waals surface area contributed by atoms with Crippen LogP contribution in [0.2, 0.25) is 0 Å². The molecular weight excluding hydrogens is 320 g/mol. The minimum Gasteiger partial charge on any atom is -0.480 e. The van der Waals surface area contributed by atoms with Crippen molar-refractivity contribution in [2.24, 2.45) is 5.73 Å². The molecule has 0 aliphatic rings. The molecular formula is C15H23BrN2O2. The normalized spacial score (nSPS) is 12.8. The van der Waals surface area contributed by atoms with Crippen LogP contribution >= 0.6 is 15.9 Å². The van der Waals surface area contributed by atoms with E-state index >= 15 is 0 Å². The van der Waals surface area contributed by atoms with Gasteiger partial charge in [-0.2, -0.15) is 0 Å². The van der Waals surface area contributed by atoms with Gasteiger partial charge in [0.15, 0.2) is 6.10 Å². The molecule has 5 heteroatoms. The summed E-state index contributed by atoms with van der Waals surface area (Å²) in [4.78, 5) is 12.2. The molecule has 20 heavy (non-hydrogen) atoms. The fourth-order valence-corrected chi connectivity index (χ4v) is 2.29. The third-order valence-corrected chi connectivity index (χ3v) is 4.30. The molecule has 0 spiro atoms. The Labute approximate surface area is 129 Å². The number of amides is 1. The first kappa shape index (κ1) is 17.0. The van der Waals surface area contributed by atoms with E-state index in [1.165, 1.54) is 0 Å². The monoisotopic (exact) mass is 342 g/mol. The van der Waals surface area contributed by atoms with Crippen molar-refractivity contribution in [1.29, 1.82) is 0 Å². The molecule has 0 heterocycles. The molecule has 1 aromatic rings. The van der Waals surface area contributed by atoms with Crippen molar-refractivity contribution in [3.63, 3.8) is 0 Å². The highest BCUT2D eigenvalue weighted by molar-refractivity contribution is 9.10. The van der Waals surface area contributed by atoms with Crippen molar-refractivity contribution in [1.82, 2.24) is 5.32 Å². The molecule has 0 saturated heterocycles. The Morgan fingerprint density at radius 3 is 2.50 bits per heavy atom. The molecule has 0 aromatic heterocycles. The number of ether oxygens (including phenoxy) is 1. The lowest BCUT2D eigenvalue weighted by atomic mass is 9.92. The maximum Gasteiger partial charge on any atom is 0.261 e. The molecule has 0 bridgehead atoms. The molecule has 0 radical (unpaired) electrons. The highest BCUT2D eigenvalue weighted by Gasteiger charge is 2.29. The maximum absolute atomic E-state index is 12.2. The van der Waals surface area contributed by atoms with Gasteiger partial charge in [0.2, 0.25) is 0 Å². The predicted molar refractivity (Wildman–Crippen MR) is 84.7 cm³/mol. The first-order chi connectivity index (χ1) is 9.48. The Balaban J connectivity index is 2.70. The largest absolute Gasteiger partial charge is 0.480 e. The second kappa shape index (κ2) is 7.64. The van der Waals surface area contributed by atoms with E-state index in [2.05, 4.69) is 21.2 Å². The Morgan fingerprint density at radius 2 is 2.00 bits per heavy atom. The molecule has 1 atom stereocenters. The quantitative estimate of drug-likeness (QED) is 0.800. The van der Waals surface area contributed by atoms with Crippen molar-refractivity contribution < 1.29 is 9.53 Å². The van der Waals surface area contributed by atoms with Crippen LogP contribution in [0, 0.1) is 0 Å². The second-order valence-electron chi connectivity index (χ2n) is 4.87. The number of para-hydroxylation sites is 1. The van der Waals surface area contributed by atoms with Crippen molar-refractivity contribution in [3.05, 3.63) is 28.7 Å². The number of hydrogen-bond acceptors (Lipinski definition) is 3. The van der Waals surface area contributed by atoms with Gasteiger partial charge in [0.25, 0.3) is 5.91 Å². The number of hydrogen-bond donors (Lipinski definition) is 2. The summed E-state index contributed by atoms with van der Waals surface area (Å²) < 4.78 is 6.52. The number of nitrogens with one attached hydrogen (secondary N) is 1. The minimum absolute atomic E-state index is 0.144. The van der Waals surface area contributed by atoms with E-state index in [0.717, 1.165) is 17.3 Å². The lowest BCUT2D eigenvalue weighted by Crippen LogP contribution is -2.55. The summed E-state index contributed by atoms with van der Waals surface area (Å²) in [5.41, 5.74) is 5.45. The van der Waals surface area contributed by atoms with Crippen molar-refractivity contribution in [2.75, 3.05) is 6.54 Å². The number of rotatable bonds is 7. The van der Waals surface area contributed by atoms with Crippen molar-refractivity contribution >= 4 is 21.8 Å². The standard InChI is InChI=1S/C15H23BrN2O2/c1-4-15(5-2,10-17)18-14(19)11(3)20-13-9-7-6-8-12(13)16/h6-9,11H,4-5,10,17H2,1-3H3,(H,18,19). The van der Waals surface area contributed by atoms with E-state index in [0.29, 0.717) is 12.3 Å². The molecule has 1 unspecified atom stereocenters. The maximum atomic E-state index is 12.2. The molecule has 0 fully saturated rings. The molecule has 0 aliphatic carbocycles. The lowest BCUT2D eigenvalue weighted by molar-refractivity contribution is -0.129. The Morgan fingerprint density at radius 1 is 1.40 bits per heavy atom. The van der Waals surface area contributed by atoms with Crippen molar-refractivity contribution in [2.45, 2.75) is 45.3 Å². The third-order valence-electron chi connectivity index (χ3n) is 3.64. The molecule has 1 amide bonds. The van der Waals surface area contributed by atoms with Gasteiger partial charge < -0.3 is 15.8 Å². The number of carbonyl (C=O) groups is 1. The first-order valence-corrected chi connectivity index (χ1v) is 7.70. The molecule has 4 nitrogen and oxygen atoms in total. The van der Waals surface area contributed by atoms with Gasteiger partial charge in [-0.25, -0.2) is 0 Å². The molecule has 0 saturated carbocycles. The van der Waals surface area contributed by atoms with Crippen LogP contribution in [0.5, 0.6) is 5.75 Å². The van der Waals surface area contributed by atoms with Crippen LogP contribution in [-0.4, -0.2) is 24.1 Å². The van der Waals surface area contributed by atoms with E-state index < -0.39 is 6.10 Å². The van der Waals surface area contributed by atoms with E-state index in [9.17, 15) is 4.79 Å².